The highest BCUT2D eigenvalue weighted by molar-refractivity contribution is 5.96. The smallest absolute Gasteiger partial charge is 0.339 e. The van der Waals surface area contributed by atoms with Crippen LogP contribution < -0.4 is 0 Å². The van der Waals surface area contributed by atoms with E-state index in [0.717, 1.165) is 16.7 Å². The molecule has 2 heterocycles. The fraction of sp³-hybridized carbons (Fsp3) is 0.200. The normalized spacial score (nSPS) is 17.1. The van der Waals surface area contributed by atoms with Crippen LogP contribution in [0.5, 0.6) is 0 Å². The second kappa shape index (κ2) is 6.89. The Morgan fingerprint density at radius 1 is 0.793 bits per heavy atom. The summed E-state index contributed by atoms with van der Waals surface area (Å²) in [5.41, 5.74) is 3.95. The lowest BCUT2D eigenvalue weighted by Gasteiger charge is -2.38. The molecule has 0 aromatic heterocycles. The minimum Gasteiger partial charge on any atom is -0.450 e. The number of hydrogen-bond acceptors (Lipinski definition) is 3. The summed E-state index contributed by atoms with van der Waals surface area (Å²) in [4.78, 5) is 27.1. The first kappa shape index (κ1) is 17.7. The lowest BCUT2D eigenvalue weighted by molar-refractivity contribution is -0.0389. The Labute approximate surface area is 169 Å². The van der Waals surface area contributed by atoms with E-state index in [9.17, 15) is 9.59 Å². The highest BCUT2D eigenvalue weighted by atomic mass is 16.6. The summed E-state index contributed by atoms with van der Waals surface area (Å²) >= 11 is 0. The van der Waals surface area contributed by atoms with E-state index in [1.165, 1.54) is 0 Å². The average Bonchev–Trinajstić information content (AvgIpc) is 3.06. The summed E-state index contributed by atoms with van der Waals surface area (Å²) in [5.74, 6) is -0.228. The van der Waals surface area contributed by atoms with Crippen LogP contribution in [0.2, 0.25) is 0 Å². The van der Waals surface area contributed by atoms with Crippen LogP contribution in [0, 0.1) is 0 Å². The maximum atomic E-state index is 13.0. The van der Waals surface area contributed by atoms with Crippen molar-refractivity contribution in [3.05, 3.63) is 95.6 Å². The predicted molar refractivity (Wildman–Crippen MR) is 111 cm³/mol. The van der Waals surface area contributed by atoms with Crippen molar-refractivity contribution in [2.75, 3.05) is 13.1 Å². The molecular weight excluding hydrogens is 362 g/mol. The third kappa shape index (κ3) is 3.01. The summed E-state index contributed by atoms with van der Waals surface area (Å²) in [7, 11) is 0. The molecule has 0 atom stereocenters. The standard InChI is InChI=1S/C25H21NO3/c27-23(20-12-10-19(11-13-20)18-6-2-1-3-7-18)26-16-14-25(15-17-26)22-9-5-4-8-21(22)24(28)29-25/h1-13H,14-17H2. The van der Waals surface area contributed by atoms with Crippen molar-refractivity contribution in [3.63, 3.8) is 0 Å². The molecule has 0 saturated carbocycles. The number of rotatable bonds is 2. The first-order valence-corrected chi connectivity index (χ1v) is 9.94. The van der Waals surface area contributed by atoms with E-state index < -0.39 is 5.60 Å². The van der Waals surface area contributed by atoms with Gasteiger partial charge in [-0.3, -0.25) is 4.79 Å². The molecule has 144 valence electrons. The average molecular weight is 383 g/mol. The second-order valence-electron chi connectivity index (χ2n) is 7.66. The molecule has 2 aliphatic rings. The van der Waals surface area contributed by atoms with Gasteiger partial charge in [-0.05, 0) is 29.3 Å². The van der Waals surface area contributed by atoms with E-state index in [2.05, 4.69) is 12.1 Å². The Bertz CT molecular complexity index is 1060. The monoisotopic (exact) mass is 383 g/mol. The Balaban J connectivity index is 1.30. The van der Waals surface area contributed by atoms with Crippen LogP contribution in [-0.4, -0.2) is 29.9 Å². The summed E-state index contributed by atoms with van der Waals surface area (Å²) in [6.45, 7) is 1.14. The molecule has 0 N–H and O–H groups in total. The zero-order valence-electron chi connectivity index (χ0n) is 16.0. The van der Waals surface area contributed by atoms with Gasteiger partial charge in [-0.15, -0.1) is 0 Å². The Kier molecular flexibility index (Phi) is 4.20. The zero-order chi connectivity index (χ0) is 19.8. The van der Waals surface area contributed by atoms with Crippen LogP contribution in [0.15, 0.2) is 78.9 Å². The van der Waals surface area contributed by atoms with E-state index in [0.29, 0.717) is 37.1 Å². The molecule has 3 aromatic carbocycles. The molecular formula is C25H21NO3. The van der Waals surface area contributed by atoms with Crippen molar-refractivity contribution in [1.29, 1.82) is 0 Å². The molecule has 29 heavy (non-hydrogen) atoms. The van der Waals surface area contributed by atoms with Gasteiger partial charge < -0.3 is 9.64 Å². The molecule has 5 rings (SSSR count). The fourth-order valence-electron chi connectivity index (χ4n) is 4.41. The number of esters is 1. The molecule has 1 spiro atoms. The van der Waals surface area contributed by atoms with E-state index in [4.69, 9.17) is 4.74 Å². The first-order valence-electron chi connectivity index (χ1n) is 9.94. The van der Waals surface area contributed by atoms with Crippen molar-refractivity contribution in [2.24, 2.45) is 0 Å². The van der Waals surface area contributed by atoms with Gasteiger partial charge in [0.1, 0.15) is 5.60 Å². The number of piperidine rings is 1. The Morgan fingerprint density at radius 2 is 1.41 bits per heavy atom. The summed E-state index contributed by atoms with van der Waals surface area (Å²) in [6.07, 6.45) is 1.26. The minimum atomic E-state index is -0.582. The molecule has 0 bridgehead atoms. The number of benzene rings is 3. The van der Waals surface area contributed by atoms with Crippen molar-refractivity contribution < 1.29 is 14.3 Å². The maximum Gasteiger partial charge on any atom is 0.339 e. The summed E-state index contributed by atoms with van der Waals surface area (Å²) in [6, 6.07) is 25.5. The summed E-state index contributed by atoms with van der Waals surface area (Å²) < 4.78 is 5.78. The number of hydrogen-bond donors (Lipinski definition) is 0. The highest BCUT2D eigenvalue weighted by Gasteiger charge is 2.47. The molecule has 0 radical (unpaired) electrons. The van der Waals surface area contributed by atoms with Gasteiger partial charge in [0.05, 0.1) is 5.56 Å². The molecule has 1 fully saturated rings. The molecule has 0 unspecified atom stereocenters. The van der Waals surface area contributed by atoms with Gasteiger partial charge in [-0.25, -0.2) is 4.79 Å². The molecule has 2 aliphatic heterocycles. The van der Waals surface area contributed by atoms with Crippen LogP contribution in [0.3, 0.4) is 0 Å². The van der Waals surface area contributed by atoms with E-state index in [1.54, 1.807) is 0 Å². The van der Waals surface area contributed by atoms with Crippen molar-refractivity contribution in [3.8, 4) is 11.1 Å². The van der Waals surface area contributed by atoms with Gasteiger partial charge in [-0.2, -0.15) is 0 Å². The molecule has 4 heteroatoms. The topological polar surface area (TPSA) is 46.6 Å². The molecule has 4 nitrogen and oxygen atoms in total. The van der Waals surface area contributed by atoms with Crippen molar-refractivity contribution >= 4 is 11.9 Å². The van der Waals surface area contributed by atoms with Gasteiger partial charge in [0.25, 0.3) is 5.91 Å². The van der Waals surface area contributed by atoms with Crippen LogP contribution in [0.4, 0.5) is 0 Å². The predicted octanol–water partition coefficient (Wildman–Crippen LogP) is 4.66. The summed E-state index contributed by atoms with van der Waals surface area (Å²) in [5, 5.41) is 0. The zero-order valence-corrected chi connectivity index (χ0v) is 16.0. The van der Waals surface area contributed by atoms with Crippen molar-refractivity contribution in [2.45, 2.75) is 18.4 Å². The second-order valence-corrected chi connectivity index (χ2v) is 7.66. The van der Waals surface area contributed by atoms with Crippen LogP contribution in [-0.2, 0) is 10.3 Å². The number of carbonyl (C=O) groups excluding carboxylic acids is 2. The molecule has 3 aromatic rings. The Morgan fingerprint density at radius 3 is 2.14 bits per heavy atom. The number of nitrogens with zero attached hydrogens (tertiary/aromatic N) is 1. The van der Waals surface area contributed by atoms with Gasteiger partial charge in [0, 0.05) is 37.1 Å². The number of likely N-dealkylation sites (tertiary alicyclic amines) is 1. The minimum absolute atomic E-state index is 0.0251. The number of amides is 1. The van der Waals surface area contributed by atoms with E-state index in [1.807, 2.05) is 71.6 Å². The highest BCUT2D eigenvalue weighted by Crippen LogP contribution is 2.44. The Hall–Kier alpha value is -3.40. The van der Waals surface area contributed by atoms with Crippen molar-refractivity contribution in [1.82, 2.24) is 4.90 Å². The van der Waals surface area contributed by atoms with Crippen LogP contribution >= 0.6 is 0 Å². The van der Waals surface area contributed by atoms with Gasteiger partial charge in [0.2, 0.25) is 0 Å². The third-order valence-corrected chi connectivity index (χ3v) is 6.02. The van der Waals surface area contributed by atoms with Gasteiger partial charge in [-0.1, -0.05) is 60.7 Å². The number of ether oxygens (including phenoxy) is 1. The van der Waals surface area contributed by atoms with Crippen LogP contribution in [0.25, 0.3) is 11.1 Å². The first-order chi connectivity index (χ1) is 14.2. The van der Waals surface area contributed by atoms with E-state index in [-0.39, 0.29) is 11.9 Å². The largest absolute Gasteiger partial charge is 0.450 e. The molecule has 1 amide bonds. The van der Waals surface area contributed by atoms with Gasteiger partial charge >= 0.3 is 5.97 Å². The number of carbonyl (C=O) groups is 2. The maximum absolute atomic E-state index is 13.0. The molecule has 0 aliphatic carbocycles. The quantitative estimate of drug-likeness (QED) is 0.605. The SMILES string of the molecule is O=C1OC2(CCN(C(=O)c3ccc(-c4ccccc4)cc3)CC2)c2ccccc21. The molecule has 1 saturated heterocycles. The van der Waals surface area contributed by atoms with Gasteiger partial charge in [0.15, 0.2) is 0 Å². The lowest BCUT2D eigenvalue weighted by Crippen LogP contribution is -2.45. The number of fused-ring (bicyclic) bond motifs is 2. The third-order valence-electron chi connectivity index (χ3n) is 6.02. The van der Waals surface area contributed by atoms with E-state index >= 15 is 0 Å². The van der Waals surface area contributed by atoms with Crippen LogP contribution in [0.1, 0.15) is 39.1 Å². The fourth-order valence-corrected chi connectivity index (χ4v) is 4.41. The lowest BCUT2D eigenvalue weighted by atomic mass is 9.83.